The molecule has 1 aliphatic carbocycles. The van der Waals surface area contributed by atoms with Crippen molar-refractivity contribution < 1.29 is 9.53 Å². The highest BCUT2D eigenvalue weighted by molar-refractivity contribution is 5.72. The number of carbonyl (C=O) groups excluding carboxylic acids is 1. The van der Waals surface area contributed by atoms with Gasteiger partial charge in [0, 0.05) is 6.04 Å². The van der Waals surface area contributed by atoms with Crippen LogP contribution in [0.1, 0.15) is 65.2 Å². The molecule has 0 amide bonds. The van der Waals surface area contributed by atoms with E-state index in [0.717, 1.165) is 24.8 Å². The van der Waals surface area contributed by atoms with Gasteiger partial charge in [-0.25, -0.2) is 0 Å². The summed E-state index contributed by atoms with van der Waals surface area (Å²) in [6.07, 6.45) is 9.91. The lowest BCUT2D eigenvalue weighted by atomic mass is 9.83. The zero-order valence-corrected chi connectivity index (χ0v) is 13.3. The van der Waals surface area contributed by atoms with Crippen LogP contribution in [0.25, 0.3) is 0 Å². The van der Waals surface area contributed by atoms with E-state index in [1.54, 1.807) is 0 Å². The number of carbonyl (C=O) groups is 1. The molecule has 0 spiro atoms. The smallest absolute Gasteiger partial charge is 0.308 e. The number of rotatable bonds is 5. The van der Waals surface area contributed by atoms with Gasteiger partial charge in [-0.3, -0.25) is 4.79 Å². The van der Waals surface area contributed by atoms with Gasteiger partial charge < -0.3 is 9.64 Å². The minimum atomic E-state index is 0.0348. The number of hydrogen-bond donors (Lipinski definition) is 0. The summed E-state index contributed by atoms with van der Waals surface area (Å²) in [5.41, 5.74) is 0. The summed E-state index contributed by atoms with van der Waals surface area (Å²) in [7, 11) is 0. The van der Waals surface area contributed by atoms with Crippen LogP contribution in [0.2, 0.25) is 0 Å². The fourth-order valence-corrected chi connectivity index (χ4v) is 3.95. The number of likely N-dealkylation sites (tertiary alicyclic amines) is 1. The number of esters is 1. The molecule has 2 rings (SSSR count). The van der Waals surface area contributed by atoms with Crippen LogP contribution in [0.15, 0.2) is 0 Å². The first-order valence-corrected chi connectivity index (χ1v) is 8.65. The summed E-state index contributed by atoms with van der Waals surface area (Å²) < 4.78 is 5.15. The van der Waals surface area contributed by atoms with Gasteiger partial charge in [-0.2, -0.15) is 0 Å². The van der Waals surface area contributed by atoms with Crippen LogP contribution in [0, 0.1) is 11.8 Å². The fourth-order valence-electron chi connectivity index (χ4n) is 3.95. The Morgan fingerprint density at radius 2 is 1.70 bits per heavy atom. The maximum absolute atomic E-state index is 11.8. The molecule has 1 heterocycles. The highest BCUT2D eigenvalue weighted by atomic mass is 16.5. The van der Waals surface area contributed by atoms with E-state index in [2.05, 4.69) is 11.8 Å². The van der Waals surface area contributed by atoms with E-state index in [0.29, 0.717) is 6.61 Å². The minimum Gasteiger partial charge on any atom is -0.466 e. The molecule has 0 bridgehead atoms. The van der Waals surface area contributed by atoms with Gasteiger partial charge in [-0.15, -0.1) is 0 Å². The topological polar surface area (TPSA) is 29.5 Å². The highest BCUT2D eigenvalue weighted by Gasteiger charge is 2.31. The Labute approximate surface area is 124 Å². The summed E-state index contributed by atoms with van der Waals surface area (Å²) in [5.74, 6) is 1.17. The summed E-state index contributed by atoms with van der Waals surface area (Å²) in [5, 5.41) is 0. The third kappa shape index (κ3) is 4.21. The third-order valence-corrected chi connectivity index (χ3v) is 5.18. The largest absolute Gasteiger partial charge is 0.466 e. The average molecular weight is 281 g/mol. The summed E-state index contributed by atoms with van der Waals surface area (Å²) >= 11 is 0. The van der Waals surface area contributed by atoms with Crippen molar-refractivity contribution >= 4 is 5.97 Å². The number of nitrogens with zero attached hydrogens (tertiary/aromatic N) is 1. The maximum Gasteiger partial charge on any atom is 0.308 e. The van der Waals surface area contributed by atoms with Crippen LogP contribution < -0.4 is 0 Å². The fraction of sp³-hybridized carbons (Fsp3) is 0.941. The Hall–Kier alpha value is -0.570. The molecule has 2 fully saturated rings. The summed E-state index contributed by atoms with van der Waals surface area (Å²) in [4.78, 5) is 14.4. The standard InChI is InChI=1S/C17H31NO2/c1-3-5-14-10-12-18(13-11-14)16-8-6-15(7-9-16)17(19)20-4-2/h14-16H,3-13H2,1-2H3/t15-,16-. The van der Waals surface area contributed by atoms with Crippen molar-refractivity contribution in [3.05, 3.63) is 0 Å². The first kappa shape index (κ1) is 15.8. The number of hydrogen-bond acceptors (Lipinski definition) is 3. The Morgan fingerprint density at radius 3 is 2.25 bits per heavy atom. The second-order valence-corrected chi connectivity index (χ2v) is 6.53. The minimum absolute atomic E-state index is 0.0348. The molecule has 1 saturated carbocycles. The highest BCUT2D eigenvalue weighted by Crippen LogP contribution is 2.31. The van der Waals surface area contributed by atoms with Crippen molar-refractivity contribution in [2.24, 2.45) is 11.8 Å². The zero-order chi connectivity index (χ0) is 14.4. The van der Waals surface area contributed by atoms with Crippen LogP contribution in [0.4, 0.5) is 0 Å². The Balaban J connectivity index is 1.70. The monoisotopic (exact) mass is 281 g/mol. The van der Waals surface area contributed by atoms with Crippen LogP contribution >= 0.6 is 0 Å². The molecule has 0 aromatic carbocycles. The molecular weight excluding hydrogens is 250 g/mol. The van der Waals surface area contributed by atoms with E-state index >= 15 is 0 Å². The maximum atomic E-state index is 11.8. The van der Waals surface area contributed by atoms with Crippen molar-refractivity contribution in [2.75, 3.05) is 19.7 Å². The van der Waals surface area contributed by atoms with Gasteiger partial charge in [-0.05, 0) is 64.5 Å². The van der Waals surface area contributed by atoms with Crippen molar-refractivity contribution in [2.45, 2.75) is 71.3 Å². The molecule has 116 valence electrons. The van der Waals surface area contributed by atoms with E-state index in [1.165, 1.54) is 51.6 Å². The summed E-state index contributed by atoms with van der Waals surface area (Å²) in [6, 6.07) is 0.725. The predicted molar refractivity (Wildman–Crippen MR) is 81.6 cm³/mol. The van der Waals surface area contributed by atoms with E-state index in [4.69, 9.17) is 4.74 Å². The van der Waals surface area contributed by atoms with E-state index in [1.807, 2.05) is 6.92 Å². The van der Waals surface area contributed by atoms with Gasteiger partial charge in [0.25, 0.3) is 0 Å². The van der Waals surface area contributed by atoms with Crippen LogP contribution in [0.5, 0.6) is 0 Å². The van der Waals surface area contributed by atoms with Crippen molar-refractivity contribution in [1.29, 1.82) is 0 Å². The van der Waals surface area contributed by atoms with Crippen LogP contribution in [0.3, 0.4) is 0 Å². The second kappa shape index (κ2) is 8.02. The molecule has 0 aromatic heterocycles. The molecule has 0 unspecified atom stereocenters. The van der Waals surface area contributed by atoms with Crippen molar-refractivity contribution in [3.8, 4) is 0 Å². The Kier molecular flexibility index (Phi) is 6.34. The van der Waals surface area contributed by atoms with Crippen LogP contribution in [-0.2, 0) is 9.53 Å². The second-order valence-electron chi connectivity index (χ2n) is 6.53. The lowest BCUT2D eigenvalue weighted by Crippen LogP contribution is -2.43. The molecule has 1 aliphatic heterocycles. The molecule has 2 aliphatic rings. The number of ether oxygens (including phenoxy) is 1. The Morgan fingerprint density at radius 1 is 1.05 bits per heavy atom. The predicted octanol–water partition coefficient (Wildman–Crippen LogP) is 3.62. The van der Waals surface area contributed by atoms with Crippen molar-refractivity contribution in [3.63, 3.8) is 0 Å². The molecule has 3 heteroatoms. The average Bonchev–Trinajstić information content (AvgIpc) is 2.49. The van der Waals surface area contributed by atoms with Gasteiger partial charge >= 0.3 is 5.97 Å². The molecule has 0 radical (unpaired) electrons. The lowest BCUT2D eigenvalue weighted by molar-refractivity contribution is -0.149. The summed E-state index contributed by atoms with van der Waals surface area (Å²) in [6.45, 7) is 7.26. The SMILES string of the molecule is CCCC1CCN([C@H]2CC[C@H](C(=O)OCC)CC2)CC1. The van der Waals surface area contributed by atoms with Gasteiger partial charge in [0.1, 0.15) is 0 Å². The van der Waals surface area contributed by atoms with Gasteiger partial charge in [-0.1, -0.05) is 19.8 Å². The zero-order valence-electron chi connectivity index (χ0n) is 13.3. The molecule has 1 saturated heterocycles. The molecule has 0 N–H and O–H groups in total. The lowest BCUT2D eigenvalue weighted by Gasteiger charge is -2.40. The normalized spacial score (nSPS) is 29.3. The molecule has 20 heavy (non-hydrogen) atoms. The first-order valence-electron chi connectivity index (χ1n) is 8.65. The van der Waals surface area contributed by atoms with Gasteiger partial charge in [0.05, 0.1) is 12.5 Å². The van der Waals surface area contributed by atoms with E-state index < -0.39 is 0 Å². The van der Waals surface area contributed by atoms with E-state index in [-0.39, 0.29) is 11.9 Å². The Bertz CT molecular complexity index is 289. The van der Waals surface area contributed by atoms with Crippen molar-refractivity contribution in [1.82, 2.24) is 4.90 Å². The molecular formula is C17H31NO2. The quantitative estimate of drug-likeness (QED) is 0.721. The van der Waals surface area contributed by atoms with Gasteiger partial charge in [0.15, 0.2) is 0 Å². The third-order valence-electron chi connectivity index (χ3n) is 5.18. The van der Waals surface area contributed by atoms with Crippen LogP contribution in [-0.4, -0.2) is 36.6 Å². The molecule has 3 nitrogen and oxygen atoms in total. The van der Waals surface area contributed by atoms with E-state index in [9.17, 15) is 4.79 Å². The molecule has 0 atom stereocenters. The molecule has 0 aromatic rings. The number of piperidine rings is 1. The van der Waals surface area contributed by atoms with Gasteiger partial charge in [0.2, 0.25) is 0 Å². The first-order chi connectivity index (χ1) is 9.74.